The molecule has 0 aromatic rings. The van der Waals surface area contributed by atoms with Crippen molar-refractivity contribution in [3.63, 3.8) is 0 Å². The molecule has 0 amide bonds. The predicted molar refractivity (Wildman–Crippen MR) is 120 cm³/mol. The van der Waals surface area contributed by atoms with Gasteiger partial charge in [0.25, 0.3) is 0 Å². The fraction of sp³-hybridized carbons (Fsp3) is 0.962. The largest absolute Gasteiger partial charge is 0.457 e. The number of ether oxygens (including phenoxy) is 2. The van der Waals surface area contributed by atoms with Gasteiger partial charge in [-0.15, -0.1) is 0 Å². The highest BCUT2D eigenvalue weighted by Gasteiger charge is 2.62. The maximum Gasteiger partial charge on any atom is 0.362 e. The van der Waals surface area contributed by atoms with Crippen LogP contribution in [0.5, 0.6) is 0 Å². The summed E-state index contributed by atoms with van der Waals surface area (Å²) in [5, 5.41) is 0. The Morgan fingerprint density at radius 2 is 1.67 bits per heavy atom. The minimum Gasteiger partial charge on any atom is -0.457 e. The fourth-order valence-corrected chi connectivity index (χ4v) is 7.97. The second kappa shape index (κ2) is 6.94. The zero-order valence-electron chi connectivity index (χ0n) is 20.8. The molecule has 4 nitrogen and oxygen atoms in total. The van der Waals surface area contributed by atoms with Gasteiger partial charge < -0.3 is 14.0 Å². The summed E-state index contributed by atoms with van der Waals surface area (Å²) in [5.74, 6) is 1.46. The number of hydrogen-bond donors (Lipinski definition) is 0. The molecule has 0 aromatic carbocycles. The van der Waals surface area contributed by atoms with E-state index in [9.17, 15) is 4.79 Å². The number of likely N-dealkylation sites (N-methyl/N-ethyl adjacent to an activating group) is 1. The van der Waals surface area contributed by atoms with Gasteiger partial charge >= 0.3 is 5.97 Å². The average Bonchev–Trinajstić information content (AvgIpc) is 3.22. The van der Waals surface area contributed by atoms with Gasteiger partial charge in [-0.1, -0.05) is 41.5 Å². The Bertz CT molecular complexity index is 694. The zero-order chi connectivity index (χ0) is 22.2. The Morgan fingerprint density at radius 3 is 2.20 bits per heavy atom. The molecule has 4 bridgehead atoms. The van der Waals surface area contributed by atoms with E-state index in [1.807, 2.05) is 0 Å². The molecule has 0 N–H and O–H groups in total. The number of fused-ring (bicyclic) bond motifs is 4. The van der Waals surface area contributed by atoms with E-state index < -0.39 is 0 Å². The molecule has 0 spiro atoms. The Kier molecular flexibility index (Phi) is 5.22. The first-order valence-corrected chi connectivity index (χ1v) is 12.3. The third-order valence-electron chi connectivity index (χ3n) is 10.7. The molecule has 0 radical (unpaired) electrons. The molecule has 6 atom stereocenters. The number of carbonyl (C=O) groups excluding carboxylic acids is 1. The number of carbonyl (C=O) groups is 1. The van der Waals surface area contributed by atoms with E-state index in [1.165, 1.54) is 38.5 Å². The molecule has 0 heterocycles. The van der Waals surface area contributed by atoms with Crippen LogP contribution in [0, 0.1) is 33.5 Å². The third-order valence-corrected chi connectivity index (χ3v) is 10.7. The van der Waals surface area contributed by atoms with Gasteiger partial charge in [-0.25, -0.2) is 4.79 Å². The number of esters is 1. The summed E-state index contributed by atoms with van der Waals surface area (Å²) in [6, 6.07) is 0. The van der Waals surface area contributed by atoms with E-state index in [-0.39, 0.29) is 22.9 Å². The van der Waals surface area contributed by atoms with Crippen LogP contribution in [0.25, 0.3) is 0 Å². The van der Waals surface area contributed by atoms with Crippen molar-refractivity contribution in [2.24, 2.45) is 33.5 Å². The van der Waals surface area contributed by atoms with E-state index >= 15 is 0 Å². The van der Waals surface area contributed by atoms with E-state index in [0.29, 0.717) is 33.9 Å². The van der Waals surface area contributed by atoms with Gasteiger partial charge in [0.05, 0.1) is 26.8 Å². The van der Waals surface area contributed by atoms with E-state index in [0.717, 1.165) is 19.1 Å². The van der Waals surface area contributed by atoms with Crippen molar-refractivity contribution in [2.75, 3.05) is 33.8 Å². The van der Waals surface area contributed by atoms with Crippen molar-refractivity contribution in [1.82, 2.24) is 0 Å². The van der Waals surface area contributed by atoms with Crippen LogP contribution >= 0.6 is 0 Å². The van der Waals surface area contributed by atoms with Gasteiger partial charge in [-0.3, -0.25) is 0 Å². The van der Waals surface area contributed by atoms with Crippen molar-refractivity contribution in [2.45, 2.75) is 92.3 Å². The first-order chi connectivity index (χ1) is 13.7. The molecule has 0 saturated heterocycles. The molecule has 4 aliphatic rings. The van der Waals surface area contributed by atoms with Crippen LogP contribution in [0.2, 0.25) is 0 Å². The van der Waals surface area contributed by atoms with Crippen LogP contribution in [-0.4, -0.2) is 56.5 Å². The van der Waals surface area contributed by atoms with Crippen LogP contribution in [0.1, 0.15) is 80.1 Å². The smallest absolute Gasteiger partial charge is 0.362 e. The number of quaternary nitrogens is 1. The second-order valence-electron chi connectivity index (χ2n) is 13.6. The molecule has 0 unspecified atom stereocenters. The van der Waals surface area contributed by atoms with Crippen molar-refractivity contribution < 1.29 is 18.8 Å². The molecule has 4 fully saturated rings. The second-order valence-corrected chi connectivity index (χ2v) is 13.6. The molecule has 4 rings (SSSR count). The van der Waals surface area contributed by atoms with Gasteiger partial charge in [0, 0.05) is 10.8 Å². The molecule has 172 valence electrons. The van der Waals surface area contributed by atoms with Crippen molar-refractivity contribution >= 4 is 5.97 Å². The monoisotopic (exact) mass is 420 g/mol. The first kappa shape index (κ1) is 22.6. The SMILES string of the molecule is CC1(C)[C@H]2CC[C@](C)(C2)[C@H]1OC(=O)C[N+](C)(C)CCO[C@H]1C[C@H]2CC[C@@]1(C)C2(C)C. The standard InChI is InChI=1S/C26H46NO3/c1-23(2)19-9-11-25(5,16-19)22(23)30-21(28)17-27(7,8)13-14-29-20-15-18-10-12-26(20,6)24(18,3)4/h18-20,22H,9-17H2,1-8H3/q+1/t18-,19+,20+,22+,25-,26-/m1/s1. The van der Waals surface area contributed by atoms with Crippen molar-refractivity contribution in [3.05, 3.63) is 0 Å². The maximum atomic E-state index is 12.9. The highest BCUT2D eigenvalue weighted by Crippen LogP contribution is 2.66. The third kappa shape index (κ3) is 3.36. The summed E-state index contributed by atoms with van der Waals surface area (Å²) in [5.41, 5.74) is 0.965. The Labute approximate surface area is 184 Å². The Morgan fingerprint density at radius 1 is 1.00 bits per heavy atom. The topological polar surface area (TPSA) is 35.5 Å². The highest BCUT2D eigenvalue weighted by atomic mass is 16.5. The molecule has 4 heteroatoms. The summed E-state index contributed by atoms with van der Waals surface area (Å²) in [6.07, 6.45) is 7.97. The lowest BCUT2D eigenvalue weighted by atomic mass is 9.70. The molecule has 30 heavy (non-hydrogen) atoms. The average molecular weight is 421 g/mol. The minimum absolute atomic E-state index is 0.0418. The molecule has 0 aromatic heterocycles. The summed E-state index contributed by atoms with van der Waals surface area (Å²) in [7, 11) is 4.26. The number of rotatable bonds is 7. The number of hydrogen-bond acceptors (Lipinski definition) is 3. The van der Waals surface area contributed by atoms with E-state index in [2.05, 4.69) is 55.6 Å². The van der Waals surface area contributed by atoms with Crippen LogP contribution in [0.15, 0.2) is 0 Å². The van der Waals surface area contributed by atoms with E-state index in [4.69, 9.17) is 9.47 Å². The van der Waals surface area contributed by atoms with Crippen LogP contribution in [-0.2, 0) is 14.3 Å². The molecule has 0 aliphatic heterocycles. The normalized spacial score (nSPS) is 43.3. The molecule has 4 aliphatic carbocycles. The Hall–Kier alpha value is -0.610. The molecular formula is C26H46NO3+. The molecular weight excluding hydrogens is 374 g/mol. The Balaban J connectivity index is 1.27. The first-order valence-electron chi connectivity index (χ1n) is 12.3. The summed E-state index contributed by atoms with van der Waals surface area (Å²) in [6.45, 7) is 16.2. The zero-order valence-corrected chi connectivity index (χ0v) is 20.8. The lowest BCUT2D eigenvalue weighted by Crippen LogP contribution is -2.50. The van der Waals surface area contributed by atoms with Gasteiger partial charge in [0.2, 0.25) is 0 Å². The van der Waals surface area contributed by atoms with Gasteiger partial charge in [0.1, 0.15) is 12.6 Å². The maximum absolute atomic E-state index is 12.9. The fourth-order valence-electron chi connectivity index (χ4n) is 7.97. The van der Waals surface area contributed by atoms with Crippen LogP contribution in [0.4, 0.5) is 0 Å². The number of nitrogens with zero attached hydrogens (tertiary/aromatic N) is 1. The summed E-state index contributed by atoms with van der Waals surface area (Å²) in [4.78, 5) is 12.9. The van der Waals surface area contributed by atoms with Gasteiger partial charge in [0.15, 0.2) is 6.54 Å². The van der Waals surface area contributed by atoms with Crippen molar-refractivity contribution in [1.29, 1.82) is 0 Å². The van der Waals surface area contributed by atoms with Gasteiger partial charge in [-0.2, -0.15) is 0 Å². The lowest BCUT2D eigenvalue weighted by molar-refractivity contribution is -0.883. The van der Waals surface area contributed by atoms with E-state index in [1.54, 1.807) is 0 Å². The minimum atomic E-state index is -0.0418. The predicted octanol–water partition coefficient (Wildman–Crippen LogP) is 5.05. The van der Waals surface area contributed by atoms with Crippen LogP contribution in [0.3, 0.4) is 0 Å². The molecule has 4 saturated carbocycles. The van der Waals surface area contributed by atoms with Gasteiger partial charge in [-0.05, 0) is 61.2 Å². The van der Waals surface area contributed by atoms with Crippen LogP contribution < -0.4 is 0 Å². The highest BCUT2D eigenvalue weighted by molar-refractivity contribution is 5.71. The quantitative estimate of drug-likeness (QED) is 0.427. The summed E-state index contributed by atoms with van der Waals surface area (Å²) >= 11 is 0. The lowest BCUT2D eigenvalue weighted by Gasteiger charge is -2.42. The van der Waals surface area contributed by atoms with Crippen molar-refractivity contribution in [3.8, 4) is 0 Å². The summed E-state index contributed by atoms with van der Waals surface area (Å²) < 4.78 is 13.2.